The van der Waals surface area contributed by atoms with Crippen LogP contribution in [0.5, 0.6) is 5.75 Å². The minimum Gasteiger partial charge on any atom is -0.497 e. The summed E-state index contributed by atoms with van der Waals surface area (Å²) in [6, 6.07) is 10.9. The molecule has 2 heterocycles. The van der Waals surface area contributed by atoms with Crippen LogP contribution in [0.4, 0.5) is 0 Å². The molecule has 2 aromatic heterocycles. The zero-order chi connectivity index (χ0) is 17.4. The maximum atomic E-state index is 10.6. The first-order valence-corrected chi connectivity index (χ1v) is 7.05. The number of ether oxygens (including phenoxy) is 2. The van der Waals surface area contributed by atoms with Crippen LogP contribution in [0.1, 0.15) is 16.2 Å². The van der Waals surface area contributed by atoms with Gasteiger partial charge in [-0.25, -0.2) is 9.48 Å². The number of aliphatic hydroxyl groups is 1. The number of aromatic nitrogens is 4. The van der Waals surface area contributed by atoms with Gasteiger partial charge >= 0.3 is 5.97 Å². The Morgan fingerprint density at radius 1 is 1.21 bits per heavy atom. The Labute approximate surface area is 138 Å². The van der Waals surface area contributed by atoms with E-state index in [-0.39, 0.29) is 6.61 Å². The predicted octanol–water partition coefficient (Wildman–Crippen LogP) is 1.57. The van der Waals surface area contributed by atoms with Gasteiger partial charge in [0.1, 0.15) is 11.4 Å². The smallest absolute Gasteiger partial charge is 0.356 e. The molecule has 3 aromatic rings. The average Bonchev–Trinajstić information content (AvgIpc) is 3.33. The minimum atomic E-state index is -0.396. The van der Waals surface area contributed by atoms with Crippen LogP contribution in [0.25, 0.3) is 5.69 Å². The van der Waals surface area contributed by atoms with Crippen molar-refractivity contribution in [2.75, 3.05) is 14.2 Å². The van der Waals surface area contributed by atoms with E-state index in [1.54, 1.807) is 23.9 Å². The van der Waals surface area contributed by atoms with E-state index >= 15 is 0 Å². The molecule has 0 spiro atoms. The van der Waals surface area contributed by atoms with E-state index in [1.165, 1.54) is 13.3 Å². The molecule has 8 nitrogen and oxygen atoms in total. The van der Waals surface area contributed by atoms with Crippen molar-refractivity contribution in [2.45, 2.75) is 6.61 Å². The molecule has 0 atom stereocenters. The summed E-state index contributed by atoms with van der Waals surface area (Å²) >= 11 is 0. The molecule has 0 fully saturated rings. The lowest BCUT2D eigenvalue weighted by atomic mass is 10.3. The van der Waals surface area contributed by atoms with Crippen molar-refractivity contribution >= 4 is 5.97 Å². The second-order valence-electron chi connectivity index (χ2n) is 4.57. The number of benzene rings is 1. The van der Waals surface area contributed by atoms with Crippen molar-refractivity contribution in [1.29, 1.82) is 0 Å². The third-order valence-corrected chi connectivity index (χ3v) is 3.05. The van der Waals surface area contributed by atoms with Crippen molar-refractivity contribution in [2.24, 2.45) is 0 Å². The van der Waals surface area contributed by atoms with Gasteiger partial charge in [0.2, 0.25) is 0 Å². The van der Waals surface area contributed by atoms with Crippen molar-refractivity contribution in [3.63, 3.8) is 0 Å². The minimum absolute atomic E-state index is 0.0385. The highest BCUT2D eigenvalue weighted by atomic mass is 16.5. The van der Waals surface area contributed by atoms with E-state index in [4.69, 9.17) is 9.84 Å². The molecule has 2 N–H and O–H groups in total. The maximum absolute atomic E-state index is 10.6. The molecule has 3 rings (SSSR count). The molecule has 0 amide bonds. The molecule has 126 valence electrons. The quantitative estimate of drug-likeness (QED) is 0.704. The molecule has 0 aliphatic rings. The normalized spacial score (nSPS) is 9.79. The fourth-order valence-electron chi connectivity index (χ4n) is 1.80. The second kappa shape index (κ2) is 8.49. The molecular formula is C16H18N4O4. The number of methoxy groups -OCH3 is 2. The van der Waals surface area contributed by atoms with E-state index in [2.05, 4.69) is 20.0 Å². The number of carbonyl (C=O) groups excluding carboxylic acids is 1. The zero-order valence-corrected chi connectivity index (χ0v) is 13.3. The van der Waals surface area contributed by atoms with Crippen LogP contribution in [-0.4, -0.2) is 45.3 Å². The first kappa shape index (κ1) is 17.2. The molecule has 0 unspecified atom stereocenters. The SMILES string of the molecule is COC(=O)c1ccn[nH]1.COc1ccc(-n2ccc(CO)n2)cc1. The van der Waals surface area contributed by atoms with Gasteiger partial charge in [0, 0.05) is 12.4 Å². The molecule has 0 radical (unpaired) electrons. The number of aliphatic hydroxyl groups excluding tert-OH is 1. The predicted molar refractivity (Wildman–Crippen MR) is 86.0 cm³/mol. The van der Waals surface area contributed by atoms with Crippen LogP contribution >= 0.6 is 0 Å². The van der Waals surface area contributed by atoms with Crippen LogP contribution in [0, 0.1) is 0 Å². The Morgan fingerprint density at radius 2 is 1.96 bits per heavy atom. The van der Waals surface area contributed by atoms with Gasteiger partial charge in [-0.1, -0.05) is 0 Å². The summed E-state index contributed by atoms with van der Waals surface area (Å²) in [5, 5.41) is 19.1. The van der Waals surface area contributed by atoms with Gasteiger partial charge in [0.15, 0.2) is 0 Å². The standard InChI is InChI=1S/C11H12N2O2.C5H6N2O2/c1-15-11-4-2-10(3-5-11)13-7-6-9(8-14)12-13;1-9-5(8)4-2-3-6-7-4/h2-7,14H,8H2,1H3;2-3H,1H3,(H,6,7). The summed E-state index contributed by atoms with van der Waals surface area (Å²) in [5.41, 5.74) is 1.97. The topological polar surface area (TPSA) is 102 Å². The molecule has 0 aliphatic heterocycles. The molecule has 0 bridgehead atoms. The number of nitrogens with one attached hydrogen (secondary N) is 1. The van der Waals surface area contributed by atoms with E-state index in [0.717, 1.165) is 11.4 Å². The van der Waals surface area contributed by atoms with Gasteiger partial charge in [0.05, 0.1) is 32.2 Å². The Balaban J connectivity index is 0.000000198. The Hall–Kier alpha value is -3.13. The van der Waals surface area contributed by atoms with Crippen LogP contribution in [0.2, 0.25) is 0 Å². The van der Waals surface area contributed by atoms with E-state index in [0.29, 0.717) is 11.4 Å². The van der Waals surface area contributed by atoms with Crippen LogP contribution < -0.4 is 4.74 Å². The summed E-state index contributed by atoms with van der Waals surface area (Å²) in [7, 11) is 2.95. The highest BCUT2D eigenvalue weighted by Gasteiger charge is 2.03. The number of hydrogen-bond donors (Lipinski definition) is 2. The summed E-state index contributed by atoms with van der Waals surface area (Å²) < 4.78 is 11.2. The van der Waals surface area contributed by atoms with E-state index < -0.39 is 5.97 Å². The zero-order valence-electron chi connectivity index (χ0n) is 13.3. The first-order valence-electron chi connectivity index (χ1n) is 7.05. The molecule has 0 saturated carbocycles. The third kappa shape index (κ3) is 4.43. The van der Waals surface area contributed by atoms with Gasteiger partial charge in [-0.05, 0) is 36.4 Å². The summed E-state index contributed by atoms with van der Waals surface area (Å²) in [5.74, 6) is 0.417. The Kier molecular flexibility index (Phi) is 6.09. The van der Waals surface area contributed by atoms with Crippen molar-refractivity contribution in [3.05, 3.63) is 60.2 Å². The van der Waals surface area contributed by atoms with E-state index in [9.17, 15) is 4.79 Å². The first-order chi connectivity index (χ1) is 11.7. The number of nitrogens with zero attached hydrogens (tertiary/aromatic N) is 3. The Morgan fingerprint density at radius 3 is 2.46 bits per heavy atom. The van der Waals surface area contributed by atoms with Crippen molar-refractivity contribution < 1.29 is 19.4 Å². The fourth-order valence-corrected chi connectivity index (χ4v) is 1.80. The number of H-pyrrole nitrogens is 1. The molecule has 1 aromatic carbocycles. The number of carbonyl (C=O) groups is 1. The number of hydrogen-bond acceptors (Lipinski definition) is 6. The molecule has 8 heteroatoms. The van der Waals surface area contributed by atoms with E-state index in [1.807, 2.05) is 30.5 Å². The lowest BCUT2D eigenvalue weighted by molar-refractivity contribution is 0.0594. The van der Waals surface area contributed by atoms with Crippen molar-refractivity contribution in [1.82, 2.24) is 20.0 Å². The molecular weight excluding hydrogens is 312 g/mol. The largest absolute Gasteiger partial charge is 0.497 e. The molecule has 0 aliphatic carbocycles. The number of aromatic amines is 1. The summed E-state index contributed by atoms with van der Waals surface area (Å²) in [6.07, 6.45) is 3.31. The number of rotatable bonds is 4. The van der Waals surface area contributed by atoms with Gasteiger partial charge in [0.25, 0.3) is 0 Å². The van der Waals surface area contributed by atoms with Crippen LogP contribution in [0.15, 0.2) is 48.8 Å². The Bertz CT molecular complexity index is 751. The molecule has 24 heavy (non-hydrogen) atoms. The highest BCUT2D eigenvalue weighted by molar-refractivity contribution is 5.86. The van der Waals surface area contributed by atoms with Crippen molar-refractivity contribution in [3.8, 4) is 11.4 Å². The average molecular weight is 330 g/mol. The third-order valence-electron chi connectivity index (χ3n) is 3.05. The van der Waals surface area contributed by atoms with Gasteiger partial charge in [-0.2, -0.15) is 10.2 Å². The van der Waals surface area contributed by atoms with Gasteiger partial charge in [-0.3, -0.25) is 5.10 Å². The summed E-state index contributed by atoms with van der Waals surface area (Å²) in [4.78, 5) is 10.6. The van der Waals surface area contributed by atoms with Gasteiger partial charge < -0.3 is 14.6 Å². The van der Waals surface area contributed by atoms with Crippen LogP contribution in [-0.2, 0) is 11.3 Å². The lowest BCUT2D eigenvalue weighted by Gasteiger charge is -2.02. The lowest BCUT2D eigenvalue weighted by Crippen LogP contribution is -2.00. The second-order valence-corrected chi connectivity index (χ2v) is 4.57. The fraction of sp³-hybridized carbons (Fsp3) is 0.188. The van der Waals surface area contributed by atoms with Gasteiger partial charge in [-0.15, -0.1) is 0 Å². The van der Waals surface area contributed by atoms with Crippen LogP contribution in [0.3, 0.4) is 0 Å². The molecule has 0 saturated heterocycles. The highest BCUT2D eigenvalue weighted by Crippen LogP contribution is 2.14. The maximum Gasteiger partial charge on any atom is 0.356 e. The summed E-state index contributed by atoms with van der Waals surface area (Å²) in [6.45, 7) is -0.0385. The number of esters is 1. The monoisotopic (exact) mass is 330 g/mol.